The third-order valence-electron chi connectivity index (χ3n) is 2.59. The molecule has 0 atom stereocenters. The molecular formula is C12H15N3O3S. The maximum Gasteiger partial charge on any atom is 0.307 e. The van der Waals surface area contributed by atoms with E-state index in [2.05, 4.69) is 17.5 Å². The second-order valence-corrected chi connectivity index (χ2v) is 4.94. The zero-order valence-electron chi connectivity index (χ0n) is 10.6. The van der Waals surface area contributed by atoms with Gasteiger partial charge in [-0.2, -0.15) is 0 Å². The number of unbranched alkanes of at least 4 members (excludes halogenated alkanes) is 1. The molecule has 1 N–H and O–H groups in total. The average Bonchev–Trinajstić information content (AvgIpc) is 3.04. The van der Waals surface area contributed by atoms with Crippen LogP contribution in [0.4, 0.5) is 0 Å². The molecule has 1 fully saturated rings. The van der Waals surface area contributed by atoms with Crippen LogP contribution >= 0.6 is 11.8 Å². The van der Waals surface area contributed by atoms with E-state index in [4.69, 9.17) is 4.42 Å². The van der Waals surface area contributed by atoms with Crippen molar-refractivity contribution >= 4 is 28.7 Å². The van der Waals surface area contributed by atoms with E-state index in [0.717, 1.165) is 12.8 Å². The van der Waals surface area contributed by atoms with Crippen LogP contribution in [0, 0.1) is 0 Å². The first kappa shape index (κ1) is 13.7. The Kier molecular flexibility index (Phi) is 4.62. The highest BCUT2D eigenvalue weighted by Gasteiger charge is 2.27. The predicted molar refractivity (Wildman–Crippen MR) is 72.7 cm³/mol. The van der Waals surface area contributed by atoms with E-state index in [9.17, 15) is 9.59 Å². The van der Waals surface area contributed by atoms with E-state index in [1.54, 1.807) is 17.0 Å². The molecule has 7 heteroatoms. The molecule has 0 saturated carbocycles. The zero-order valence-corrected chi connectivity index (χ0v) is 11.4. The van der Waals surface area contributed by atoms with E-state index in [1.807, 2.05) is 0 Å². The fourth-order valence-electron chi connectivity index (χ4n) is 1.58. The Bertz CT molecular complexity index is 484. The van der Waals surface area contributed by atoms with Gasteiger partial charge in [-0.05, 0) is 18.6 Å². The van der Waals surface area contributed by atoms with Crippen molar-refractivity contribution in [2.24, 2.45) is 5.10 Å². The van der Waals surface area contributed by atoms with Gasteiger partial charge in [-0.25, -0.2) is 5.43 Å². The molecule has 2 rings (SSSR count). The number of thioether (sulfide) groups is 1. The lowest BCUT2D eigenvalue weighted by atomic mass is 10.3. The van der Waals surface area contributed by atoms with Crippen molar-refractivity contribution in [2.45, 2.75) is 19.8 Å². The van der Waals surface area contributed by atoms with Gasteiger partial charge in [0.1, 0.15) is 0 Å². The summed E-state index contributed by atoms with van der Waals surface area (Å²) in [6.07, 6.45) is 3.33. The van der Waals surface area contributed by atoms with Gasteiger partial charge >= 0.3 is 5.91 Å². The van der Waals surface area contributed by atoms with Gasteiger partial charge in [0.15, 0.2) is 10.9 Å². The summed E-state index contributed by atoms with van der Waals surface area (Å²) in [6, 6.07) is 3.18. The number of amides is 2. The SMILES string of the molecule is CCCCN1C(=O)CSC1=NNC(=O)c1ccco1. The van der Waals surface area contributed by atoms with Crippen LogP contribution in [0.5, 0.6) is 0 Å². The zero-order chi connectivity index (χ0) is 13.7. The minimum atomic E-state index is -0.423. The fourth-order valence-corrected chi connectivity index (χ4v) is 2.45. The van der Waals surface area contributed by atoms with Crippen LogP contribution in [0.25, 0.3) is 0 Å². The molecule has 2 heterocycles. The number of hydrogen-bond donors (Lipinski definition) is 1. The molecule has 1 aliphatic heterocycles. The highest BCUT2D eigenvalue weighted by Crippen LogP contribution is 2.19. The average molecular weight is 281 g/mol. The fraction of sp³-hybridized carbons (Fsp3) is 0.417. The maximum atomic E-state index is 11.7. The van der Waals surface area contributed by atoms with Gasteiger partial charge in [0, 0.05) is 6.54 Å². The molecule has 1 aromatic rings. The highest BCUT2D eigenvalue weighted by molar-refractivity contribution is 8.15. The molecule has 1 aliphatic rings. The van der Waals surface area contributed by atoms with E-state index in [-0.39, 0.29) is 11.7 Å². The molecule has 0 radical (unpaired) electrons. The standard InChI is InChI=1S/C12H15N3O3S/c1-2-3-6-15-10(16)8-19-12(15)14-13-11(17)9-5-4-7-18-9/h4-5,7H,2-3,6,8H2,1H3,(H,13,17). The van der Waals surface area contributed by atoms with Crippen LogP contribution in [0.3, 0.4) is 0 Å². The van der Waals surface area contributed by atoms with Crippen LogP contribution in [0.2, 0.25) is 0 Å². The van der Waals surface area contributed by atoms with Crippen molar-refractivity contribution in [3.8, 4) is 0 Å². The Hall–Kier alpha value is -1.76. The monoisotopic (exact) mass is 281 g/mol. The first-order valence-corrected chi connectivity index (χ1v) is 7.05. The number of carbonyl (C=O) groups excluding carboxylic acids is 2. The quantitative estimate of drug-likeness (QED) is 0.833. The Labute approximate surface area is 115 Å². The largest absolute Gasteiger partial charge is 0.459 e. The van der Waals surface area contributed by atoms with Crippen molar-refractivity contribution in [3.63, 3.8) is 0 Å². The van der Waals surface area contributed by atoms with Gasteiger partial charge in [0.25, 0.3) is 0 Å². The lowest BCUT2D eigenvalue weighted by Gasteiger charge is -2.14. The predicted octanol–water partition coefficient (Wildman–Crippen LogP) is 1.66. The van der Waals surface area contributed by atoms with Gasteiger partial charge in [0.05, 0.1) is 12.0 Å². The molecule has 2 amide bonds. The molecule has 102 valence electrons. The van der Waals surface area contributed by atoms with Crippen LogP contribution < -0.4 is 5.43 Å². The van der Waals surface area contributed by atoms with Crippen LogP contribution in [-0.2, 0) is 4.79 Å². The van der Waals surface area contributed by atoms with Crippen molar-refractivity contribution in [3.05, 3.63) is 24.2 Å². The number of hydrazone groups is 1. The summed E-state index contributed by atoms with van der Waals surface area (Å²) in [5.74, 6) is 0.176. The summed E-state index contributed by atoms with van der Waals surface area (Å²) >= 11 is 1.33. The smallest absolute Gasteiger partial charge is 0.307 e. The van der Waals surface area contributed by atoms with Gasteiger partial charge in [-0.1, -0.05) is 25.1 Å². The van der Waals surface area contributed by atoms with Crippen molar-refractivity contribution in [2.75, 3.05) is 12.3 Å². The summed E-state index contributed by atoms with van der Waals surface area (Å²) in [4.78, 5) is 24.9. The molecular weight excluding hydrogens is 266 g/mol. The molecule has 19 heavy (non-hydrogen) atoms. The van der Waals surface area contributed by atoms with Gasteiger partial charge < -0.3 is 4.42 Å². The Morgan fingerprint density at radius 2 is 2.47 bits per heavy atom. The van der Waals surface area contributed by atoms with Gasteiger partial charge in [-0.3, -0.25) is 14.5 Å². The Morgan fingerprint density at radius 3 is 3.16 bits per heavy atom. The number of furan rings is 1. The molecule has 0 bridgehead atoms. The summed E-state index contributed by atoms with van der Waals surface area (Å²) in [5, 5.41) is 4.53. The van der Waals surface area contributed by atoms with Crippen LogP contribution in [0.1, 0.15) is 30.3 Å². The lowest BCUT2D eigenvalue weighted by molar-refractivity contribution is -0.124. The normalized spacial score (nSPS) is 17.2. The minimum absolute atomic E-state index is 0.0319. The summed E-state index contributed by atoms with van der Waals surface area (Å²) in [6.45, 7) is 2.70. The number of amidine groups is 1. The summed E-state index contributed by atoms with van der Waals surface area (Å²) < 4.78 is 4.95. The molecule has 0 aliphatic carbocycles. The Balaban J connectivity index is 1.97. The van der Waals surface area contributed by atoms with Crippen molar-refractivity contribution in [1.29, 1.82) is 0 Å². The number of hydrogen-bond acceptors (Lipinski definition) is 5. The van der Waals surface area contributed by atoms with E-state index >= 15 is 0 Å². The van der Waals surface area contributed by atoms with Crippen molar-refractivity contribution < 1.29 is 14.0 Å². The molecule has 0 spiro atoms. The number of nitrogens with zero attached hydrogens (tertiary/aromatic N) is 2. The molecule has 6 nitrogen and oxygen atoms in total. The third kappa shape index (κ3) is 3.37. The number of nitrogens with one attached hydrogen (secondary N) is 1. The highest BCUT2D eigenvalue weighted by atomic mass is 32.2. The number of carbonyl (C=O) groups is 2. The molecule has 1 aromatic heterocycles. The van der Waals surface area contributed by atoms with E-state index < -0.39 is 5.91 Å². The molecule has 0 aromatic carbocycles. The second-order valence-electron chi connectivity index (χ2n) is 4.00. The van der Waals surface area contributed by atoms with Crippen LogP contribution in [0.15, 0.2) is 27.9 Å². The van der Waals surface area contributed by atoms with E-state index in [0.29, 0.717) is 17.5 Å². The first-order valence-electron chi connectivity index (χ1n) is 6.07. The minimum Gasteiger partial charge on any atom is -0.459 e. The van der Waals surface area contributed by atoms with Gasteiger partial charge in [0.2, 0.25) is 5.91 Å². The Morgan fingerprint density at radius 1 is 1.63 bits per heavy atom. The topological polar surface area (TPSA) is 74.9 Å². The van der Waals surface area contributed by atoms with Crippen molar-refractivity contribution in [1.82, 2.24) is 10.3 Å². The second kappa shape index (κ2) is 6.42. The molecule has 0 unspecified atom stereocenters. The molecule has 1 saturated heterocycles. The number of rotatable bonds is 5. The van der Waals surface area contributed by atoms with Crippen LogP contribution in [-0.4, -0.2) is 34.2 Å². The maximum absolute atomic E-state index is 11.7. The van der Waals surface area contributed by atoms with E-state index in [1.165, 1.54) is 18.0 Å². The summed E-state index contributed by atoms with van der Waals surface area (Å²) in [5.41, 5.74) is 2.39. The first-order chi connectivity index (χ1) is 9.22. The summed E-state index contributed by atoms with van der Waals surface area (Å²) in [7, 11) is 0. The third-order valence-corrected chi connectivity index (χ3v) is 3.55. The van der Waals surface area contributed by atoms with Gasteiger partial charge in [-0.15, -0.1) is 5.10 Å². The lowest BCUT2D eigenvalue weighted by Crippen LogP contribution is -2.32.